The molecule has 0 aliphatic heterocycles. The molecule has 22 heavy (non-hydrogen) atoms. The van der Waals surface area contributed by atoms with E-state index in [9.17, 15) is 4.79 Å². The average Bonchev–Trinajstić information content (AvgIpc) is 3.30. The lowest BCUT2D eigenvalue weighted by atomic mass is 10.1. The summed E-state index contributed by atoms with van der Waals surface area (Å²) >= 11 is 1.44. The zero-order valence-electron chi connectivity index (χ0n) is 12.2. The molecule has 2 aromatic heterocycles. The molecule has 1 amide bonds. The standard InChI is InChI=1S/C17H15N3OS/c1-10-9-22-17(18-10)20-16(21)13-8-15(11-6-7-11)19-14-5-3-2-4-12(13)14/h2-5,8-9,11H,6-7H2,1H3,(H,18,20,21). The molecule has 2 heterocycles. The van der Waals surface area contributed by atoms with Gasteiger partial charge in [0.1, 0.15) is 0 Å². The van der Waals surface area contributed by atoms with Crippen molar-refractivity contribution in [3.05, 3.63) is 52.7 Å². The van der Waals surface area contributed by atoms with Gasteiger partial charge in [-0.3, -0.25) is 15.1 Å². The number of anilines is 1. The average molecular weight is 309 g/mol. The van der Waals surface area contributed by atoms with E-state index in [1.165, 1.54) is 11.3 Å². The van der Waals surface area contributed by atoms with Gasteiger partial charge in [-0.25, -0.2) is 4.98 Å². The monoisotopic (exact) mass is 309 g/mol. The molecule has 5 heteroatoms. The minimum absolute atomic E-state index is 0.116. The quantitative estimate of drug-likeness (QED) is 0.791. The first-order valence-electron chi connectivity index (χ1n) is 7.34. The Morgan fingerprint density at radius 3 is 2.82 bits per heavy atom. The van der Waals surface area contributed by atoms with Gasteiger partial charge in [-0.2, -0.15) is 0 Å². The number of para-hydroxylation sites is 1. The Kier molecular flexibility index (Phi) is 3.15. The first kappa shape index (κ1) is 13.4. The summed E-state index contributed by atoms with van der Waals surface area (Å²) in [5.41, 5.74) is 3.51. The second-order valence-corrected chi connectivity index (χ2v) is 6.49. The molecule has 4 nitrogen and oxygen atoms in total. The molecule has 0 saturated heterocycles. The second kappa shape index (κ2) is 5.18. The normalized spacial score (nSPS) is 14.2. The summed E-state index contributed by atoms with van der Waals surface area (Å²) in [5.74, 6) is 0.396. The molecule has 1 aromatic carbocycles. The van der Waals surface area contributed by atoms with Crippen molar-refractivity contribution in [2.24, 2.45) is 0 Å². The highest BCUT2D eigenvalue weighted by atomic mass is 32.1. The van der Waals surface area contributed by atoms with E-state index in [-0.39, 0.29) is 5.91 Å². The van der Waals surface area contributed by atoms with Crippen LogP contribution in [0.25, 0.3) is 10.9 Å². The molecule has 0 radical (unpaired) electrons. The Hall–Kier alpha value is -2.27. The minimum Gasteiger partial charge on any atom is -0.298 e. The van der Waals surface area contributed by atoms with Crippen molar-refractivity contribution in [1.82, 2.24) is 9.97 Å². The van der Waals surface area contributed by atoms with Crippen LogP contribution >= 0.6 is 11.3 Å². The summed E-state index contributed by atoms with van der Waals surface area (Å²) in [5, 5.41) is 6.35. The van der Waals surface area contributed by atoms with Crippen molar-refractivity contribution in [3.63, 3.8) is 0 Å². The number of hydrogen-bond donors (Lipinski definition) is 1. The van der Waals surface area contributed by atoms with Crippen molar-refractivity contribution in [1.29, 1.82) is 0 Å². The topological polar surface area (TPSA) is 54.9 Å². The van der Waals surface area contributed by atoms with Crippen LogP contribution in [0.1, 0.15) is 40.5 Å². The van der Waals surface area contributed by atoms with Crippen LogP contribution in [0.4, 0.5) is 5.13 Å². The Morgan fingerprint density at radius 1 is 1.27 bits per heavy atom. The number of nitrogens with one attached hydrogen (secondary N) is 1. The Bertz CT molecular complexity index is 867. The highest BCUT2D eigenvalue weighted by Gasteiger charge is 2.27. The molecule has 1 fully saturated rings. The van der Waals surface area contributed by atoms with Crippen molar-refractivity contribution >= 4 is 33.3 Å². The smallest absolute Gasteiger partial charge is 0.258 e. The molecular weight excluding hydrogens is 294 g/mol. The van der Waals surface area contributed by atoms with Gasteiger partial charge in [0.05, 0.1) is 16.8 Å². The predicted molar refractivity (Wildman–Crippen MR) is 88.5 cm³/mol. The van der Waals surface area contributed by atoms with E-state index >= 15 is 0 Å². The Morgan fingerprint density at radius 2 is 2.09 bits per heavy atom. The van der Waals surface area contributed by atoms with Crippen LogP contribution < -0.4 is 5.32 Å². The van der Waals surface area contributed by atoms with Crippen molar-refractivity contribution in [2.75, 3.05) is 5.32 Å². The first-order chi connectivity index (χ1) is 10.7. The molecule has 0 atom stereocenters. The fraction of sp³-hybridized carbons (Fsp3) is 0.235. The number of nitrogens with zero attached hydrogens (tertiary/aromatic N) is 2. The minimum atomic E-state index is -0.116. The maximum atomic E-state index is 12.7. The summed E-state index contributed by atoms with van der Waals surface area (Å²) < 4.78 is 0. The number of fused-ring (bicyclic) bond motifs is 1. The van der Waals surface area contributed by atoms with Crippen molar-refractivity contribution < 1.29 is 4.79 Å². The van der Waals surface area contributed by atoms with Crippen LogP contribution in [0.2, 0.25) is 0 Å². The molecule has 1 aliphatic rings. The molecule has 0 unspecified atom stereocenters. The van der Waals surface area contributed by atoms with E-state index in [1.807, 2.05) is 42.6 Å². The molecule has 0 bridgehead atoms. The molecule has 1 aliphatic carbocycles. The number of carbonyl (C=O) groups excluding carboxylic acids is 1. The van der Waals surface area contributed by atoms with Crippen LogP contribution in [0.3, 0.4) is 0 Å². The van der Waals surface area contributed by atoms with E-state index in [0.29, 0.717) is 16.6 Å². The van der Waals surface area contributed by atoms with E-state index in [1.54, 1.807) is 0 Å². The van der Waals surface area contributed by atoms with E-state index in [4.69, 9.17) is 4.98 Å². The predicted octanol–water partition coefficient (Wildman–Crippen LogP) is 4.13. The number of hydrogen-bond acceptors (Lipinski definition) is 4. The van der Waals surface area contributed by atoms with Gasteiger partial charge in [0.15, 0.2) is 5.13 Å². The van der Waals surface area contributed by atoms with Crippen LogP contribution in [-0.2, 0) is 0 Å². The summed E-state index contributed by atoms with van der Waals surface area (Å²) in [6.45, 7) is 1.92. The number of aromatic nitrogens is 2. The molecule has 1 N–H and O–H groups in total. The number of aryl methyl sites for hydroxylation is 1. The maximum Gasteiger partial charge on any atom is 0.258 e. The third-order valence-electron chi connectivity index (χ3n) is 3.82. The SMILES string of the molecule is Cc1csc(NC(=O)c2cc(C3CC3)nc3ccccc23)n1. The van der Waals surface area contributed by atoms with Crippen LogP contribution in [0.15, 0.2) is 35.7 Å². The van der Waals surface area contributed by atoms with E-state index in [0.717, 1.165) is 35.1 Å². The number of amides is 1. The van der Waals surface area contributed by atoms with Gasteiger partial charge in [0.2, 0.25) is 0 Å². The molecule has 3 aromatic rings. The van der Waals surface area contributed by atoms with Gasteiger partial charge in [-0.1, -0.05) is 18.2 Å². The third kappa shape index (κ3) is 2.48. The lowest BCUT2D eigenvalue weighted by molar-refractivity contribution is 0.102. The molecule has 0 spiro atoms. The molecule has 4 rings (SSSR count). The van der Waals surface area contributed by atoms with E-state index < -0.39 is 0 Å². The van der Waals surface area contributed by atoms with Gasteiger partial charge >= 0.3 is 0 Å². The molecular formula is C17H15N3OS. The molecule has 110 valence electrons. The Balaban J connectivity index is 1.77. The van der Waals surface area contributed by atoms with E-state index in [2.05, 4.69) is 10.3 Å². The van der Waals surface area contributed by atoms with Crippen LogP contribution in [-0.4, -0.2) is 15.9 Å². The zero-order valence-corrected chi connectivity index (χ0v) is 13.0. The highest BCUT2D eigenvalue weighted by Crippen LogP contribution is 2.40. The number of rotatable bonds is 3. The van der Waals surface area contributed by atoms with Crippen molar-refractivity contribution in [3.8, 4) is 0 Å². The summed E-state index contributed by atoms with van der Waals surface area (Å²) in [6.07, 6.45) is 2.33. The number of thiazole rings is 1. The first-order valence-corrected chi connectivity index (χ1v) is 8.22. The van der Waals surface area contributed by atoms with Gasteiger partial charge < -0.3 is 0 Å². The van der Waals surface area contributed by atoms with Crippen molar-refractivity contribution in [2.45, 2.75) is 25.7 Å². The number of benzene rings is 1. The summed E-state index contributed by atoms with van der Waals surface area (Å²) in [6, 6.07) is 9.74. The van der Waals surface area contributed by atoms with Gasteiger partial charge in [-0.05, 0) is 31.9 Å². The van der Waals surface area contributed by atoms with Crippen LogP contribution in [0.5, 0.6) is 0 Å². The maximum absolute atomic E-state index is 12.7. The summed E-state index contributed by atoms with van der Waals surface area (Å²) in [7, 11) is 0. The van der Waals surface area contributed by atoms with Gasteiger partial charge in [0, 0.05) is 22.4 Å². The number of carbonyl (C=O) groups is 1. The van der Waals surface area contributed by atoms with Gasteiger partial charge in [0.25, 0.3) is 5.91 Å². The third-order valence-corrected chi connectivity index (χ3v) is 4.69. The lowest BCUT2D eigenvalue weighted by Gasteiger charge is -2.08. The highest BCUT2D eigenvalue weighted by molar-refractivity contribution is 7.13. The molecule has 1 saturated carbocycles. The van der Waals surface area contributed by atoms with Crippen LogP contribution in [0, 0.1) is 6.92 Å². The fourth-order valence-electron chi connectivity index (χ4n) is 2.55. The lowest BCUT2D eigenvalue weighted by Crippen LogP contribution is -2.13. The zero-order chi connectivity index (χ0) is 15.1. The summed E-state index contributed by atoms with van der Waals surface area (Å²) in [4.78, 5) is 21.7. The largest absolute Gasteiger partial charge is 0.298 e. The second-order valence-electron chi connectivity index (χ2n) is 5.63. The number of pyridine rings is 1. The Labute approximate surface area is 132 Å². The fourth-order valence-corrected chi connectivity index (χ4v) is 3.23. The van der Waals surface area contributed by atoms with Gasteiger partial charge in [-0.15, -0.1) is 11.3 Å².